The maximum absolute atomic E-state index is 13.1. The first kappa shape index (κ1) is 19.9. The number of rotatable bonds is 7. The summed E-state index contributed by atoms with van der Waals surface area (Å²) in [6, 6.07) is 14.0. The van der Waals surface area contributed by atoms with Gasteiger partial charge in [0.25, 0.3) is 5.89 Å². The Morgan fingerprint density at radius 2 is 2.03 bits per heavy atom. The minimum absolute atomic E-state index is 0.216. The summed E-state index contributed by atoms with van der Waals surface area (Å²) in [5.41, 5.74) is 1.82. The lowest BCUT2D eigenvalue weighted by Crippen LogP contribution is -2.49. The summed E-state index contributed by atoms with van der Waals surface area (Å²) in [7, 11) is 0. The largest absolute Gasteiger partial charge is 0.342 e. The predicted molar refractivity (Wildman–Crippen MR) is 117 cm³/mol. The number of likely N-dealkylation sites (tertiary alicyclic amines) is 1. The first-order valence-electron chi connectivity index (χ1n) is 11.3. The number of piperidine rings is 1. The standard InChI is InChI=1S/C25H28N4O2/c30-22(12-11-19-6-2-1-3-7-19)29-15-5-13-25(18-29,16-20-9-10-20)24-27-23(31-28-24)21-8-4-14-26-17-21/h1-4,6-8,14,17,20H,5,9-13,15-16,18H2. The highest BCUT2D eigenvalue weighted by Gasteiger charge is 2.45. The molecule has 1 aromatic carbocycles. The Morgan fingerprint density at radius 1 is 1.16 bits per heavy atom. The number of hydrogen-bond donors (Lipinski definition) is 0. The van der Waals surface area contributed by atoms with Crippen LogP contribution in [0.4, 0.5) is 0 Å². The highest BCUT2D eigenvalue weighted by molar-refractivity contribution is 5.76. The zero-order valence-electron chi connectivity index (χ0n) is 17.7. The summed E-state index contributed by atoms with van der Waals surface area (Å²) < 4.78 is 5.63. The topological polar surface area (TPSA) is 72.1 Å². The molecule has 5 rings (SSSR count). The molecule has 6 heteroatoms. The van der Waals surface area contributed by atoms with E-state index >= 15 is 0 Å². The van der Waals surface area contributed by atoms with Crippen LogP contribution in [-0.2, 0) is 16.6 Å². The molecule has 1 unspecified atom stereocenters. The van der Waals surface area contributed by atoms with Crippen molar-refractivity contribution in [2.45, 2.75) is 50.4 Å². The third-order valence-corrected chi connectivity index (χ3v) is 6.59. The fourth-order valence-electron chi connectivity index (χ4n) is 4.76. The van der Waals surface area contributed by atoms with Crippen LogP contribution in [0.15, 0.2) is 59.4 Å². The number of amides is 1. The zero-order chi connectivity index (χ0) is 21.1. The molecule has 2 fully saturated rings. The van der Waals surface area contributed by atoms with E-state index in [0.29, 0.717) is 24.8 Å². The zero-order valence-corrected chi connectivity index (χ0v) is 17.7. The van der Waals surface area contributed by atoms with E-state index in [2.05, 4.69) is 22.3 Å². The van der Waals surface area contributed by atoms with Gasteiger partial charge >= 0.3 is 0 Å². The first-order chi connectivity index (χ1) is 15.2. The Hall–Kier alpha value is -3.02. The van der Waals surface area contributed by atoms with Crippen molar-refractivity contribution in [2.75, 3.05) is 13.1 Å². The number of pyridine rings is 1. The van der Waals surface area contributed by atoms with Crippen LogP contribution in [0.1, 0.15) is 49.9 Å². The smallest absolute Gasteiger partial charge is 0.259 e. The summed E-state index contributed by atoms with van der Waals surface area (Å²) in [5, 5.41) is 4.40. The van der Waals surface area contributed by atoms with Crippen molar-refractivity contribution in [3.05, 3.63) is 66.2 Å². The normalized spacial score (nSPS) is 21.2. The van der Waals surface area contributed by atoms with Crippen LogP contribution in [0.2, 0.25) is 0 Å². The van der Waals surface area contributed by atoms with E-state index in [1.54, 1.807) is 12.4 Å². The van der Waals surface area contributed by atoms with Crippen LogP contribution in [0.5, 0.6) is 0 Å². The molecule has 0 radical (unpaired) electrons. The third-order valence-electron chi connectivity index (χ3n) is 6.59. The number of benzene rings is 1. The van der Waals surface area contributed by atoms with E-state index in [4.69, 9.17) is 9.51 Å². The van der Waals surface area contributed by atoms with Gasteiger partial charge in [-0.05, 0) is 49.3 Å². The van der Waals surface area contributed by atoms with Gasteiger partial charge in [-0.3, -0.25) is 9.78 Å². The minimum Gasteiger partial charge on any atom is -0.342 e. The van der Waals surface area contributed by atoms with Crippen molar-refractivity contribution in [3.8, 4) is 11.5 Å². The Balaban J connectivity index is 1.34. The number of aryl methyl sites for hydroxylation is 1. The van der Waals surface area contributed by atoms with E-state index < -0.39 is 0 Å². The summed E-state index contributed by atoms with van der Waals surface area (Å²) in [5.74, 6) is 2.18. The van der Waals surface area contributed by atoms with Crippen molar-refractivity contribution in [1.82, 2.24) is 20.0 Å². The van der Waals surface area contributed by atoms with Gasteiger partial charge in [-0.15, -0.1) is 0 Å². The molecule has 2 aliphatic rings. The minimum atomic E-state index is -0.216. The number of nitrogens with zero attached hydrogens (tertiary/aromatic N) is 4. The maximum Gasteiger partial charge on any atom is 0.259 e. The SMILES string of the molecule is O=C(CCc1ccccc1)N1CCCC(CC2CC2)(c2noc(-c3cccnc3)n2)C1. The van der Waals surface area contributed by atoms with Crippen LogP contribution < -0.4 is 0 Å². The second-order valence-corrected chi connectivity index (χ2v) is 9.00. The average molecular weight is 417 g/mol. The molecular formula is C25H28N4O2. The molecule has 160 valence electrons. The number of aromatic nitrogens is 3. The lowest BCUT2D eigenvalue weighted by molar-refractivity contribution is -0.133. The van der Waals surface area contributed by atoms with Crippen LogP contribution in [0.3, 0.4) is 0 Å². The van der Waals surface area contributed by atoms with Crippen molar-refractivity contribution >= 4 is 5.91 Å². The van der Waals surface area contributed by atoms with Crippen LogP contribution >= 0.6 is 0 Å². The lowest BCUT2D eigenvalue weighted by atomic mass is 9.74. The number of carbonyl (C=O) groups excluding carboxylic acids is 1. The van der Waals surface area contributed by atoms with Gasteiger partial charge < -0.3 is 9.42 Å². The van der Waals surface area contributed by atoms with E-state index in [1.165, 1.54) is 18.4 Å². The fraction of sp³-hybridized carbons (Fsp3) is 0.440. The molecule has 3 aromatic rings. The van der Waals surface area contributed by atoms with E-state index in [1.807, 2.05) is 35.2 Å². The molecule has 0 N–H and O–H groups in total. The molecule has 31 heavy (non-hydrogen) atoms. The molecule has 1 amide bonds. The van der Waals surface area contributed by atoms with E-state index in [9.17, 15) is 4.79 Å². The monoisotopic (exact) mass is 416 g/mol. The third kappa shape index (κ3) is 4.53. The molecular weight excluding hydrogens is 388 g/mol. The summed E-state index contributed by atoms with van der Waals surface area (Å²) in [4.78, 5) is 24.1. The Labute approximate surface area is 182 Å². The Morgan fingerprint density at radius 3 is 2.81 bits per heavy atom. The van der Waals surface area contributed by atoms with Crippen molar-refractivity contribution in [1.29, 1.82) is 0 Å². The molecule has 1 saturated carbocycles. The van der Waals surface area contributed by atoms with Gasteiger partial charge in [0, 0.05) is 31.9 Å². The summed E-state index contributed by atoms with van der Waals surface area (Å²) in [6.45, 7) is 1.50. The van der Waals surface area contributed by atoms with Crippen LogP contribution in [0, 0.1) is 5.92 Å². The van der Waals surface area contributed by atoms with Crippen LogP contribution in [-0.4, -0.2) is 39.0 Å². The molecule has 0 spiro atoms. The van der Waals surface area contributed by atoms with Crippen molar-refractivity contribution in [2.24, 2.45) is 5.92 Å². The second kappa shape index (κ2) is 8.61. The van der Waals surface area contributed by atoms with Gasteiger partial charge in [-0.25, -0.2) is 0 Å². The Kier molecular flexibility index (Phi) is 5.53. The maximum atomic E-state index is 13.1. The number of carbonyl (C=O) groups is 1. The first-order valence-corrected chi connectivity index (χ1v) is 11.3. The van der Waals surface area contributed by atoms with E-state index in [0.717, 1.165) is 43.6 Å². The molecule has 1 aliphatic heterocycles. The molecule has 0 bridgehead atoms. The van der Waals surface area contributed by atoms with Crippen molar-refractivity contribution < 1.29 is 9.32 Å². The van der Waals surface area contributed by atoms with Gasteiger partial charge in [-0.2, -0.15) is 4.98 Å². The predicted octanol–water partition coefficient (Wildman–Crippen LogP) is 4.42. The molecule has 2 aromatic heterocycles. The Bertz CT molecular complexity index is 1020. The number of hydrogen-bond acceptors (Lipinski definition) is 5. The molecule has 1 atom stereocenters. The lowest BCUT2D eigenvalue weighted by Gasteiger charge is -2.41. The highest BCUT2D eigenvalue weighted by atomic mass is 16.5. The fourth-order valence-corrected chi connectivity index (χ4v) is 4.76. The molecule has 3 heterocycles. The second-order valence-electron chi connectivity index (χ2n) is 9.00. The summed E-state index contributed by atoms with van der Waals surface area (Å²) in [6.07, 6.45) is 10.3. The van der Waals surface area contributed by atoms with Gasteiger partial charge in [0.15, 0.2) is 5.82 Å². The van der Waals surface area contributed by atoms with Gasteiger partial charge in [0.05, 0.1) is 11.0 Å². The molecule has 1 aliphatic carbocycles. The molecule has 6 nitrogen and oxygen atoms in total. The average Bonchev–Trinajstić information content (AvgIpc) is 3.48. The van der Waals surface area contributed by atoms with Gasteiger partial charge in [-0.1, -0.05) is 48.3 Å². The molecule has 1 saturated heterocycles. The van der Waals surface area contributed by atoms with Gasteiger partial charge in [0.2, 0.25) is 5.91 Å². The van der Waals surface area contributed by atoms with E-state index in [-0.39, 0.29) is 11.3 Å². The summed E-state index contributed by atoms with van der Waals surface area (Å²) >= 11 is 0. The van der Waals surface area contributed by atoms with Crippen molar-refractivity contribution in [3.63, 3.8) is 0 Å². The van der Waals surface area contributed by atoms with Crippen LogP contribution in [0.25, 0.3) is 11.5 Å². The highest BCUT2D eigenvalue weighted by Crippen LogP contribution is 2.46. The van der Waals surface area contributed by atoms with Gasteiger partial charge in [0.1, 0.15) is 0 Å². The quantitative estimate of drug-likeness (QED) is 0.570.